The average molecular weight is 376 g/mol. The summed E-state index contributed by atoms with van der Waals surface area (Å²) in [7, 11) is 1.99. The fourth-order valence-corrected chi connectivity index (χ4v) is 3.94. The van der Waals surface area contributed by atoms with Gasteiger partial charge in [0.15, 0.2) is 5.82 Å². The molecule has 6 nitrogen and oxygen atoms in total. The number of imidazole rings is 1. The lowest BCUT2D eigenvalue weighted by Gasteiger charge is -2.07. The summed E-state index contributed by atoms with van der Waals surface area (Å²) in [6.45, 7) is 2.61. The third kappa shape index (κ3) is 2.86. The van der Waals surface area contributed by atoms with E-state index in [-0.39, 0.29) is 0 Å². The van der Waals surface area contributed by atoms with Gasteiger partial charge in [-0.05, 0) is 62.1 Å². The van der Waals surface area contributed by atoms with Gasteiger partial charge in [-0.2, -0.15) is 0 Å². The minimum absolute atomic E-state index is 0.324. The van der Waals surface area contributed by atoms with Gasteiger partial charge in [0.05, 0.1) is 27.8 Å². The van der Waals surface area contributed by atoms with Crippen LogP contribution in [0.2, 0.25) is 0 Å². The van der Waals surface area contributed by atoms with Crippen molar-refractivity contribution in [2.75, 3.05) is 6.54 Å². The van der Waals surface area contributed by atoms with Crippen molar-refractivity contribution in [3.8, 4) is 11.5 Å². The number of aromatic amines is 1. The molecule has 144 valence electrons. The molecule has 0 amide bonds. The Kier molecular flexibility index (Phi) is 4.65. The number of nitrogens with one attached hydrogen (secondary N) is 1. The number of aryl methyl sites for hydroxylation is 3. The third-order valence-corrected chi connectivity index (χ3v) is 5.39. The zero-order chi connectivity index (χ0) is 19.8. The number of nitrogens with zero attached hydrogens (tertiary/aromatic N) is 2. The number of para-hydroxylation sites is 2. The number of aromatic carboxylic acids is 1. The van der Waals surface area contributed by atoms with Crippen molar-refractivity contribution < 1.29 is 9.90 Å². The number of hydrogen-bond acceptors (Lipinski definition) is 3. The molecule has 0 atom stereocenters. The number of carbonyl (C=O) groups is 1. The highest BCUT2D eigenvalue weighted by Crippen LogP contribution is 2.36. The minimum Gasteiger partial charge on any atom is -0.478 e. The number of carboxylic acid groups (broad SMARTS) is 1. The van der Waals surface area contributed by atoms with Gasteiger partial charge in [-0.1, -0.05) is 18.2 Å². The monoisotopic (exact) mass is 376 g/mol. The molecule has 2 aromatic heterocycles. The van der Waals surface area contributed by atoms with Crippen molar-refractivity contribution >= 4 is 27.9 Å². The molecule has 4 aromatic rings. The molecule has 0 fully saturated rings. The highest BCUT2D eigenvalue weighted by atomic mass is 16.4. The van der Waals surface area contributed by atoms with E-state index in [9.17, 15) is 9.90 Å². The number of nitrogens with two attached hydrogens (primary N) is 1. The SMILES string of the molecule is Cc1ccc(C(=O)O)c2c(CCCCN)c(-c3nc4ccccc4n3C)[nH]c12. The third-order valence-electron chi connectivity index (χ3n) is 5.39. The van der Waals surface area contributed by atoms with Gasteiger partial charge in [0, 0.05) is 12.4 Å². The molecular formula is C22H24N4O2. The van der Waals surface area contributed by atoms with Crippen LogP contribution in [-0.2, 0) is 13.5 Å². The van der Waals surface area contributed by atoms with Crippen LogP contribution >= 0.6 is 0 Å². The Morgan fingerprint density at radius 3 is 2.71 bits per heavy atom. The number of fused-ring (bicyclic) bond motifs is 2. The predicted octanol–water partition coefficient (Wildman–Crippen LogP) is 4.01. The topological polar surface area (TPSA) is 96.9 Å². The molecule has 0 bridgehead atoms. The molecule has 0 aliphatic heterocycles. The molecule has 4 rings (SSSR count). The molecule has 0 spiro atoms. The molecule has 2 aromatic carbocycles. The lowest BCUT2D eigenvalue weighted by atomic mass is 9.98. The van der Waals surface area contributed by atoms with Gasteiger partial charge in [0.25, 0.3) is 0 Å². The molecule has 6 heteroatoms. The van der Waals surface area contributed by atoms with Crippen molar-refractivity contribution in [1.82, 2.24) is 14.5 Å². The molecule has 28 heavy (non-hydrogen) atoms. The maximum absolute atomic E-state index is 11.9. The van der Waals surface area contributed by atoms with Gasteiger partial charge in [-0.25, -0.2) is 9.78 Å². The first-order valence-corrected chi connectivity index (χ1v) is 9.52. The molecule has 0 radical (unpaired) electrons. The first kappa shape index (κ1) is 18.3. The van der Waals surface area contributed by atoms with E-state index in [4.69, 9.17) is 10.7 Å². The van der Waals surface area contributed by atoms with Crippen LogP contribution in [0.4, 0.5) is 0 Å². The second-order valence-electron chi connectivity index (χ2n) is 7.19. The second kappa shape index (κ2) is 7.13. The fraction of sp³-hybridized carbons (Fsp3) is 0.273. The number of benzene rings is 2. The van der Waals surface area contributed by atoms with Crippen LogP contribution < -0.4 is 5.73 Å². The zero-order valence-electron chi connectivity index (χ0n) is 16.1. The first-order valence-electron chi connectivity index (χ1n) is 9.52. The fourth-order valence-electron chi connectivity index (χ4n) is 3.94. The second-order valence-corrected chi connectivity index (χ2v) is 7.19. The highest BCUT2D eigenvalue weighted by Gasteiger charge is 2.23. The van der Waals surface area contributed by atoms with E-state index in [0.717, 1.165) is 63.8 Å². The van der Waals surface area contributed by atoms with Gasteiger partial charge in [-0.15, -0.1) is 0 Å². The summed E-state index contributed by atoms with van der Waals surface area (Å²) in [5.74, 6) is -0.100. The van der Waals surface area contributed by atoms with Gasteiger partial charge in [0.1, 0.15) is 0 Å². The Balaban J connectivity index is 2.02. The molecular weight excluding hydrogens is 352 g/mol. The Labute approximate surface area is 163 Å². The lowest BCUT2D eigenvalue weighted by molar-refractivity contribution is 0.0699. The number of aromatic nitrogens is 3. The van der Waals surface area contributed by atoms with Crippen LogP contribution in [0.5, 0.6) is 0 Å². The van der Waals surface area contributed by atoms with Crippen LogP contribution in [-0.4, -0.2) is 32.2 Å². The van der Waals surface area contributed by atoms with Gasteiger partial charge >= 0.3 is 5.97 Å². The van der Waals surface area contributed by atoms with Crippen LogP contribution in [0.3, 0.4) is 0 Å². The number of H-pyrrole nitrogens is 1. The van der Waals surface area contributed by atoms with E-state index in [1.54, 1.807) is 6.07 Å². The van der Waals surface area contributed by atoms with Crippen molar-refractivity contribution in [1.29, 1.82) is 0 Å². The van der Waals surface area contributed by atoms with Gasteiger partial charge in [-0.3, -0.25) is 0 Å². The van der Waals surface area contributed by atoms with Crippen molar-refractivity contribution in [2.45, 2.75) is 26.2 Å². The maximum atomic E-state index is 11.9. The smallest absolute Gasteiger partial charge is 0.336 e. The van der Waals surface area contributed by atoms with E-state index in [2.05, 4.69) is 9.55 Å². The summed E-state index contributed by atoms with van der Waals surface area (Å²) >= 11 is 0. The van der Waals surface area contributed by atoms with Crippen LogP contribution in [0.1, 0.15) is 34.3 Å². The maximum Gasteiger partial charge on any atom is 0.336 e. The highest BCUT2D eigenvalue weighted by molar-refractivity contribution is 6.07. The summed E-state index contributed by atoms with van der Waals surface area (Å²) in [5.41, 5.74) is 11.7. The first-order chi connectivity index (χ1) is 13.5. The molecule has 0 aliphatic rings. The summed E-state index contributed by atoms with van der Waals surface area (Å²) < 4.78 is 2.06. The Bertz CT molecular complexity index is 1190. The van der Waals surface area contributed by atoms with E-state index in [1.807, 2.05) is 44.3 Å². The molecule has 0 aliphatic carbocycles. The summed E-state index contributed by atoms with van der Waals surface area (Å²) in [6, 6.07) is 11.5. The summed E-state index contributed by atoms with van der Waals surface area (Å²) in [6.07, 6.45) is 2.54. The normalized spacial score (nSPS) is 11.5. The zero-order valence-corrected chi connectivity index (χ0v) is 16.1. The quantitative estimate of drug-likeness (QED) is 0.443. The molecule has 0 saturated carbocycles. The molecule has 4 N–H and O–H groups in total. The van der Waals surface area contributed by atoms with Crippen LogP contribution in [0, 0.1) is 6.92 Å². The Morgan fingerprint density at radius 1 is 1.21 bits per heavy atom. The average Bonchev–Trinajstić information content (AvgIpc) is 3.21. The summed E-state index contributed by atoms with van der Waals surface area (Å²) in [5, 5.41) is 10.5. The van der Waals surface area contributed by atoms with Crippen LogP contribution in [0.25, 0.3) is 33.5 Å². The number of hydrogen-bond donors (Lipinski definition) is 3. The number of carboxylic acids is 1. The molecule has 0 saturated heterocycles. The largest absolute Gasteiger partial charge is 0.478 e. The molecule has 2 heterocycles. The van der Waals surface area contributed by atoms with Crippen molar-refractivity contribution in [3.05, 3.63) is 53.1 Å². The Morgan fingerprint density at radius 2 is 2.00 bits per heavy atom. The Hall–Kier alpha value is -3.12. The van der Waals surface area contributed by atoms with E-state index in [0.29, 0.717) is 12.1 Å². The summed E-state index contributed by atoms with van der Waals surface area (Å²) in [4.78, 5) is 20.2. The lowest BCUT2D eigenvalue weighted by Crippen LogP contribution is -2.02. The van der Waals surface area contributed by atoms with E-state index < -0.39 is 5.97 Å². The van der Waals surface area contributed by atoms with Crippen molar-refractivity contribution in [3.63, 3.8) is 0 Å². The minimum atomic E-state index is -0.916. The van der Waals surface area contributed by atoms with Crippen molar-refractivity contribution in [2.24, 2.45) is 12.8 Å². The molecule has 0 unspecified atom stereocenters. The number of unbranched alkanes of at least 4 members (excludes halogenated alkanes) is 1. The van der Waals surface area contributed by atoms with Gasteiger partial charge in [0.2, 0.25) is 0 Å². The predicted molar refractivity (Wildman–Crippen MR) is 112 cm³/mol. The standard InChI is InChI=1S/C22H24N4O2/c1-13-10-11-15(22(27)28)18-14(7-5-6-12-23)20(25-19(13)18)21-24-16-8-3-4-9-17(16)26(21)2/h3-4,8-11,25H,5-7,12,23H2,1-2H3,(H,27,28). The van der Waals surface area contributed by atoms with Gasteiger partial charge < -0.3 is 20.4 Å². The number of rotatable bonds is 6. The van der Waals surface area contributed by atoms with E-state index in [1.165, 1.54) is 0 Å². The van der Waals surface area contributed by atoms with E-state index >= 15 is 0 Å². The van der Waals surface area contributed by atoms with Crippen LogP contribution in [0.15, 0.2) is 36.4 Å².